The van der Waals surface area contributed by atoms with Gasteiger partial charge in [0, 0.05) is 17.8 Å². The van der Waals surface area contributed by atoms with Crippen LogP contribution < -0.4 is 16.2 Å². The molecule has 1 amide bonds. The summed E-state index contributed by atoms with van der Waals surface area (Å²) in [6, 6.07) is 12.0. The minimum absolute atomic E-state index is 0.00324. The molecule has 0 aliphatic rings. The number of anilines is 1. The van der Waals surface area contributed by atoms with Gasteiger partial charge in [0.1, 0.15) is 0 Å². The zero-order valence-corrected chi connectivity index (χ0v) is 11.9. The Morgan fingerprint density at radius 1 is 1.00 bits per heavy atom. The molecule has 0 radical (unpaired) electrons. The van der Waals surface area contributed by atoms with Crippen LogP contribution in [0.3, 0.4) is 0 Å². The van der Waals surface area contributed by atoms with Crippen molar-refractivity contribution in [3.05, 3.63) is 59.7 Å². The maximum atomic E-state index is 12.1. The summed E-state index contributed by atoms with van der Waals surface area (Å²) < 4.78 is 26.2. The predicted molar refractivity (Wildman–Crippen MR) is 79.8 cm³/mol. The molecule has 0 aromatic heterocycles. The van der Waals surface area contributed by atoms with Crippen molar-refractivity contribution in [3.8, 4) is 0 Å². The summed E-state index contributed by atoms with van der Waals surface area (Å²) in [5.41, 5.74) is 12.5. The molecule has 0 atom stereocenters. The highest BCUT2D eigenvalue weighted by atomic mass is 32.2. The second-order valence-electron chi connectivity index (χ2n) is 4.40. The summed E-state index contributed by atoms with van der Waals surface area (Å²) in [6.45, 7) is 0.318. The molecule has 2 aromatic rings. The summed E-state index contributed by atoms with van der Waals surface area (Å²) in [6.07, 6.45) is 0. The van der Waals surface area contributed by atoms with E-state index in [-0.39, 0.29) is 10.5 Å². The van der Waals surface area contributed by atoms with Crippen LogP contribution in [0.25, 0.3) is 0 Å². The molecule has 0 saturated heterocycles. The van der Waals surface area contributed by atoms with Gasteiger partial charge in [0.05, 0.1) is 4.90 Å². The van der Waals surface area contributed by atoms with Crippen LogP contribution in [-0.2, 0) is 16.6 Å². The third-order valence-corrected chi connectivity index (χ3v) is 4.22. The largest absolute Gasteiger partial charge is 0.399 e. The summed E-state index contributed by atoms with van der Waals surface area (Å²) in [4.78, 5) is 11.9. The minimum Gasteiger partial charge on any atom is -0.399 e. The van der Waals surface area contributed by atoms with E-state index in [1.54, 1.807) is 12.1 Å². The van der Waals surface area contributed by atoms with Crippen LogP contribution in [-0.4, -0.2) is 14.3 Å². The van der Waals surface area contributed by atoms with Gasteiger partial charge < -0.3 is 11.5 Å². The van der Waals surface area contributed by atoms with Crippen molar-refractivity contribution in [2.24, 2.45) is 5.73 Å². The summed E-state index contributed by atoms with van der Waals surface area (Å²) >= 11 is 0. The molecule has 0 heterocycles. The number of carbonyl (C=O) groups is 1. The van der Waals surface area contributed by atoms with E-state index < -0.39 is 15.9 Å². The number of benzene rings is 2. The first-order valence-electron chi connectivity index (χ1n) is 6.14. The molecule has 5 N–H and O–H groups in total. The molecular weight excluding hydrogens is 290 g/mol. The standard InChI is InChI=1S/C14H15N3O3S/c15-9-10-1-7-13(8-2-10)21(19,20)17-14(18)11-3-5-12(16)6-4-11/h1-8H,9,15-16H2,(H,17,18). The SMILES string of the molecule is NCc1ccc(S(=O)(=O)NC(=O)c2ccc(N)cc2)cc1. The monoisotopic (exact) mass is 305 g/mol. The number of sulfonamides is 1. The van der Waals surface area contributed by atoms with E-state index in [0.717, 1.165) is 5.56 Å². The lowest BCUT2D eigenvalue weighted by molar-refractivity contribution is 0.0981. The fraction of sp³-hybridized carbons (Fsp3) is 0.0714. The second kappa shape index (κ2) is 5.94. The van der Waals surface area contributed by atoms with Crippen molar-refractivity contribution in [3.63, 3.8) is 0 Å². The zero-order chi connectivity index (χ0) is 15.5. The number of nitrogen functional groups attached to an aromatic ring is 1. The van der Waals surface area contributed by atoms with Gasteiger partial charge in [-0.05, 0) is 42.0 Å². The topological polar surface area (TPSA) is 115 Å². The van der Waals surface area contributed by atoms with Crippen LogP contribution in [0.1, 0.15) is 15.9 Å². The van der Waals surface area contributed by atoms with Gasteiger partial charge in [-0.1, -0.05) is 12.1 Å². The average molecular weight is 305 g/mol. The number of hydrogen-bond acceptors (Lipinski definition) is 5. The molecule has 0 aliphatic carbocycles. The van der Waals surface area contributed by atoms with Crippen molar-refractivity contribution in [2.75, 3.05) is 5.73 Å². The first-order chi connectivity index (χ1) is 9.92. The number of hydrogen-bond donors (Lipinski definition) is 3. The van der Waals surface area contributed by atoms with E-state index in [4.69, 9.17) is 11.5 Å². The second-order valence-corrected chi connectivity index (χ2v) is 6.09. The molecule has 0 aliphatic heterocycles. The van der Waals surface area contributed by atoms with Crippen LogP contribution >= 0.6 is 0 Å². The molecule has 21 heavy (non-hydrogen) atoms. The van der Waals surface area contributed by atoms with Gasteiger partial charge >= 0.3 is 0 Å². The van der Waals surface area contributed by atoms with E-state index in [2.05, 4.69) is 0 Å². The highest BCUT2D eigenvalue weighted by Crippen LogP contribution is 2.12. The van der Waals surface area contributed by atoms with Crippen molar-refractivity contribution >= 4 is 21.6 Å². The van der Waals surface area contributed by atoms with E-state index in [1.165, 1.54) is 36.4 Å². The Hall–Kier alpha value is -2.38. The highest BCUT2D eigenvalue weighted by molar-refractivity contribution is 7.90. The van der Waals surface area contributed by atoms with Crippen molar-refractivity contribution in [2.45, 2.75) is 11.4 Å². The van der Waals surface area contributed by atoms with E-state index in [9.17, 15) is 13.2 Å². The van der Waals surface area contributed by atoms with Crippen LogP contribution in [0.15, 0.2) is 53.4 Å². The molecule has 0 spiro atoms. The molecule has 2 aromatic carbocycles. The lowest BCUT2D eigenvalue weighted by Gasteiger charge is -2.07. The molecule has 110 valence electrons. The molecule has 0 saturated carbocycles. The Labute approximate surface area is 122 Å². The van der Waals surface area contributed by atoms with E-state index >= 15 is 0 Å². The highest BCUT2D eigenvalue weighted by Gasteiger charge is 2.18. The summed E-state index contributed by atoms with van der Waals surface area (Å²) in [7, 11) is -3.91. The molecule has 6 nitrogen and oxygen atoms in total. The van der Waals surface area contributed by atoms with Crippen molar-refractivity contribution in [1.82, 2.24) is 4.72 Å². The fourth-order valence-electron chi connectivity index (χ4n) is 1.68. The third-order valence-electron chi connectivity index (χ3n) is 2.87. The van der Waals surface area contributed by atoms with E-state index in [0.29, 0.717) is 12.2 Å². The first kappa shape index (κ1) is 15.0. The Bertz CT molecular complexity index is 738. The lowest BCUT2D eigenvalue weighted by Crippen LogP contribution is -2.30. The number of carbonyl (C=O) groups excluding carboxylic acids is 1. The Morgan fingerprint density at radius 2 is 1.57 bits per heavy atom. The number of nitrogens with one attached hydrogen (secondary N) is 1. The molecule has 7 heteroatoms. The van der Waals surface area contributed by atoms with Gasteiger partial charge in [0.15, 0.2) is 0 Å². The zero-order valence-electron chi connectivity index (χ0n) is 11.1. The normalized spacial score (nSPS) is 11.1. The summed E-state index contributed by atoms with van der Waals surface area (Å²) in [5.74, 6) is -0.710. The fourth-order valence-corrected chi connectivity index (χ4v) is 2.65. The van der Waals surface area contributed by atoms with Crippen LogP contribution in [0.5, 0.6) is 0 Å². The molecule has 2 rings (SSSR count). The molecular formula is C14H15N3O3S. The summed E-state index contributed by atoms with van der Waals surface area (Å²) in [5, 5.41) is 0. The lowest BCUT2D eigenvalue weighted by atomic mass is 10.2. The molecule has 0 unspecified atom stereocenters. The van der Waals surface area contributed by atoms with Crippen molar-refractivity contribution in [1.29, 1.82) is 0 Å². The van der Waals surface area contributed by atoms with E-state index in [1.807, 2.05) is 4.72 Å². The van der Waals surface area contributed by atoms with Gasteiger partial charge in [0.25, 0.3) is 15.9 Å². The maximum absolute atomic E-state index is 12.1. The smallest absolute Gasteiger partial charge is 0.264 e. The van der Waals surface area contributed by atoms with Gasteiger partial charge in [0.2, 0.25) is 0 Å². The van der Waals surface area contributed by atoms with Gasteiger partial charge in [-0.2, -0.15) is 0 Å². The Kier molecular flexibility index (Phi) is 4.25. The van der Waals surface area contributed by atoms with Gasteiger partial charge in [-0.3, -0.25) is 4.79 Å². The molecule has 0 fully saturated rings. The number of rotatable bonds is 4. The van der Waals surface area contributed by atoms with Crippen LogP contribution in [0.4, 0.5) is 5.69 Å². The van der Waals surface area contributed by atoms with Crippen LogP contribution in [0, 0.1) is 0 Å². The van der Waals surface area contributed by atoms with Gasteiger partial charge in [-0.25, -0.2) is 13.1 Å². The quantitative estimate of drug-likeness (QED) is 0.724. The van der Waals surface area contributed by atoms with Gasteiger partial charge in [-0.15, -0.1) is 0 Å². The number of amides is 1. The average Bonchev–Trinajstić information content (AvgIpc) is 2.47. The number of nitrogens with two attached hydrogens (primary N) is 2. The first-order valence-corrected chi connectivity index (χ1v) is 7.62. The predicted octanol–water partition coefficient (Wildman–Crippen LogP) is 0.846. The maximum Gasteiger partial charge on any atom is 0.264 e. The molecule has 0 bridgehead atoms. The third kappa shape index (κ3) is 3.59. The Morgan fingerprint density at radius 3 is 2.10 bits per heavy atom. The van der Waals surface area contributed by atoms with Crippen LogP contribution in [0.2, 0.25) is 0 Å². The van der Waals surface area contributed by atoms with Crippen molar-refractivity contribution < 1.29 is 13.2 Å². The Balaban J connectivity index is 2.20. The minimum atomic E-state index is -3.91.